The number of carboxylic acid groups (broad SMARTS) is 1. The number of hydrogen-bond acceptors (Lipinski definition) is 4. The van der Waals surface area contributed by atoms with Gasteiger partial charge in [0, 0.05) is 13.0 Å². The van der Waals surface area contributed by atoms with E-state index in [1.807, 2.05) is 18.2 Å². The molecule has 1 aliphatic carbocycles. The van der Waals surface area contributed by atoms with Gasteiger partial charge < -0.3 is 19.7 Å². The standard InChI is InChI=1S/C20H26O5/c1-24-18-11-10-16(13-19(18)25-17-8-4-5-9-17)15(14-20(22)23)7-3-2-6-12-21/h10-11,13,15,17,21H,2,4-6,8-9,12,14H2,1H3,(H,22,23). The molecule has 25 heavy (non-hydrogen) atoms. The zero-order valence-corrected chi connectivity index (χ0v) is 14.7. The van der Waals surface area contributed by atoms with Crippen molar-refractivity contribution < 1.29 is 24.5 Å². The molecular weight excluding hydrogens is 320 g/mol. The normalized spacial score (nSPS) is 15.3. The van der Waals surface area contributed by atoms with Crippen molar-refractivity contribution in [2.45, 2.75) is 57.0 Å². The van der Waals surface area contributed by atoms with Crippen LogP contribution in [0.3, 0.4) is 0 Å². The Hall–Kier alpha value is -2.19. The molecule has 1 aromatic rings. The van der Waals surface area contributed by atoms with Crippen LogP contribution in [0.1, 0.15) is 56.4 Å². The maximum absolute atomic E-state index is 11.2. The van der Waals surface area contributed by atoms with Crippen LogP contribution >= 0.6 is 0 Å². The van der Waals surface area contributed by atoms with E-state index in [1.165, 1.54) is 12.8 Å². The number of ether oxygens (including phenoxy) is 2. The van der Waals surface area contributed by atoms with Crippen molar-refractivity contribution >= 4 is 5.97 Å². The molecule has 1 aliphatic rings. The molecule has 5 heteroatoms. The molecule has 5 nitrogen and oxygen atoms in total. The highest BCUT2D eigenvalue weighted by atomic mass is 16.5. The lowest BCUT2D eigenvalue weighted by molar-refractivity contribution is -0.137. The first-order valence-corrected chi connectivity index (χ1v) is 8.79. The van der Waals surface area contributed by atoms with E-state index in [0.717, 1.165) is 18.4 Å². The first-order valence-electron chi connectivity index (χ1n) is 8.79. The molecule has 1 saturated carbocycles. The molecule has 1 unspecified atom stereocenters. The smallest absolute Gasteiger partial charge is 0.304 e. The monoisotopic (exact) mass is 346 g/mol. The van der Waals surface area contributed by atoms with E-state index in [0.29, 0.717) is 24.3 Å². The highest BCUT2D eigenvalue weighted by Crippen LogP contribution is 2.35. The minimum atomic E-state index is -0.893. The second-order valence-electron chi connectivity index (χ2n) is 6.23. The average Bonchev–Trinajstić information content (AvgIpc) is 3.10. The molecule has 0 bridgehead atoms. The number of aliphatic carboxylic acids is 1. The number of unbranched alkanes of at least 4 members (excludes halogenated alkanes) is 1. The Morgan fingerprint density at radius 2 is 2.08 bits per heavy atom. The molecule has 0 radical (unpaired) electrons. The Morgan fingerprint density at radius 1 is 1.32 bits per heavy atom. The molecular formula is C20H26O5. The zero-order valence-electron chi connectivity index (χ0n) is 14.7. The minimum Gasteiger partial charge on any atom is -0.493 e. The highest BCUT2D eigenvalue weighted by molar-refractivity contribution is 5.69. The third-order valence-corrected chi connectivity index (χ3v) is 4.30. The zero-order chi connectivity index (χ0) is 18.1. The van der Waals surface area contributed by atoms with Gasteiger partial charge in [0.15, 0.2) is 11.5 Å². The maximum atomic E-state index is 11.2. The van der Waals surface area contributed by atoms with Crippen LogP contribution in [-0.2, 0) is 4.79 Å². The van der Waals surface area contributed by atoms with Crippen molar-refractivity contribution in [3.05, 3.63) is 23.8 Å². The van der Waals surface area contributed by atoms with Crippen molar-refractivity contribution in [2.75, 3.05) is 13.7 Å². The molecule has 2 rings (SSSR count). The Kier molecular flexibility index (Phi) is 7.62. The van der Waals surface area contributed by atoms with Gasteiger partial charge in [-0.3, -0.25) is 4.79 Å². The number of carbonyl (C=O) groups is 1. The van der Waals surface area contributed by atoms with E-state index in [1.54, 1.807) is 7.11 Å². The van der Waals surface area contributed by atoms with Gasteiger partial charge in [-0.15, -0.1) is 5.92 Å². The largest absolute Gasteiger partial charge is 0.493 e. The van der Waals surface area contributed by atoms with Crippen molar-refractivity contribution in [2.24, 2.45) is 0 Å². The van der Waals surface area contributed by atoms with Crippen LogP contribution < -0.4 is 9.47 Å². The molecule has 1 aromatic carbocycles. The molecule has 1 atom stereocenters. The van der Waals surface area contributed by atoms with Gasteiger partial charge in [0.1, 0.15) is 0 Å². The van der Waals surface area contributed by atoms with Gasteiger partial charge in [-0.1, -0.05) is 12.0 Å². The lowest BCUT2D eigenvalue weighted by atomic mass is 9.95. The number of benzene rings is 1. The van der Waals surface area contributed by atoms with Gasteiger partial charge in [-0.05, 0) is 49.8 Å². The summed E-state index contributed by atoms with van der Waals surface area (Å²) < 4.78 is 11.5. The summed E-state index contributed by atoms with van der Waals surface area (Å²) in [5, 5.41) is 18.0. The lowest BCUT2D eigenvalue weighted by Gasteiger charge is -2.18. The summed E-state index contributed by atoms with van der Waals surface area (Å²) in [6, 6.07) is 5.50. The van der Waals surface area contributed by atoms with Crippen LogP contribution in [0.5, 0.6) is 11.5 Å². The van der Waals surface area contributed by atoms with Crippen LogP contribution in [0.25, 0.3) is 0 Å². The first-order chi connectivity index (χ1) is 12.1. The third-order valence-electron chi connectivity index (χ3n) is 4.30. The summed E-state index contributed by atoms with van der Waals surface area (Å²) in [7, 11) is 1.60. The number of aliphatic hydroxyl groups is 1. The van der Waals surface area contributed by atoms with Crippen molar-refractivity contribution in [3.8, 4) is 23.3 Å². The second kappa shape index (κ2) is 9.95. The van der Waals surface area contributed by atoms with E-state index in [-0.39, 0.29) is 19.1 Å². The molecule has 0 spiro atoms. The Labute approximate surface area is 149 Å². The van der Waals surface area contributed by atoms with Gasteiger partial charge in [0.05, 0.1) is 25.6 Å². The van der Waals surface area contributed by atoms with Crippen molar-refractivity contribution in [1.82, 2.24) is 0 Å². The number of rotatable bonds is 8. The molecule has 1 fully saturated rings. The van der Waals surface area contributed by atoms with Gasteiger partial charge in [0.2, 0.25) is 0 Å². The van der Waals surface area contributed by atoms with E-state index >= 15 is 0 Å². The fraction of sp³-hybridized carbons (Fsp3) is 0.550. The van der Waals surface area contributed by atoms with Gasteiger partial charge in [-0.25, -0.2) is 0 Å². The number of hydrogen-bond donors (Lipinski definition) is 2. The summed E-state index contributed by atoms with van der Waals surface area (Å²) in [5.74, 6) is 5.99. The van der Waals surface area contributed by atoms with Crippen molar-refractivity contribution in [1.29, 1.82) is 0 Å². The van der Waals surface area contributed by atoms with Crippen LogP contribution in [0, 0.1) is 11.8 Å². The molecule has 0 heterocycles. The van der Waals surface area contributed by atoms with E-state index in [4.69, 9.17) is 14.6 Å². The predicted octanol–water partition coefficient (Wildman–Crippen LogP) is 3.35. The topological polar surface area (TPSA) is 76.0 Å². The van der Waals surface area contributed by atoms with Gasteiger partial charge in [0.25, 0.3) is 0 Å². The van der Waals surface area contributed by atoms with E-state index in [9.17, 15) is 9.90 Å². The van der Waals surface area contributed by atoms with Gasteiger partial charge >= 0.3 is 5.97 Å². The number of aliphatic hydroxyl groups excluding tert-OH is 1. The Morgan fingerprint density at radius 3 is 2.72 bits per heavy atom. The maximum Gasteiger partial charge on any atom is 0.304 e. The summed E-state index contributed by atoms with van der Waals surface area (Å²) >= 11 is 0. The van der Waals surface area contributed by atoms with Crippen LogP contribution in [-0.4, -0.2) is 36.0 Å². The molecule has 0 amide bonds. The van der Waals surface area contributed by atoms with E-state index in [2.05, 4.69) is 11.8 Å². The number of methoxy groups -OCH3 is 1. The van der Waals surface area contributed by atoms with Gasteiger partial charge in [-0.2, -0.15) is 0 Å². The molecule has 2 N–H and O–H groups in total. The molecule has 0 saturated heterocycles. The Bertz CT molecular complexity index is 623. The fourth-order valence-corrected chi connectivity index (χ4v) is 2.98. The SMILES string of the molecule is COc1ccc(C(C#CCCCO)CC(=O)O)cc1OC1CCCC1. The third kappa shape index (κ3) is 5.99. The van der Waals surface area contributed by atoms with E-state index < -0.39 is 11.9 Å². The lowest BCUT2D eigenvalue weighted by Crippen LogP contribution is -2.12. The fourth-order valence-electron chi connectivity index (χ4n) is 2.98. The van der Waals surface area contributed by atoms with Crippen LogP contribution in [0.15, 0.2) is 18.2 Å². The first kappa shape index (κ1) is 19.1. The molecule has 136 valence electrons. The average molecular weight is 346 g/mol. The quantitative estimate of drug-likeness (QED) is 0.558. The summed E-state index contributed by atoms with van der Waals surface area (Å²) in [6.45, 7) is 0.0835. The Balaban J connectivity index is 2.22. The van der Waals surface area contributed by atoms with Crippen LogP contribution in [0.2, 0.25) is 0 Å². The summed E-state index contributed by atoms with van der Waals surface area (Å²) in [6.07, 6.45) is 5.67. The second-order valence-corrected chi connectivity index (χ2v) is 6.23. The van der Waals surface area contributed by atoms with Crippen molar-refractivity contribution in [3.63, 3.8) is 0 Å². The summed E-state index contributed by atoms with van der Waals surface area (Å²) in [5.41, 5.74) is 0.813. The number of carboxylic acids is 1. The predicted molar refractivity (Wildman–Crippen MR) is 95.0 cm³/mol. The van der Waals surface area contributed by atoms with Crippen LogP contribution in [0.4, 0.5) is 0 Å². The minimum absolute atomic E-state index is 0.0681. The molecule has 0 aliphatic heterocycles. The highest BCUT2D eigenvalue weighted by Gasteiger charge is 2.20. The summed E-state index contributed by atoms with van der Waals surface area (Å²) in [4.78, 5) is 11.2. The molecule has 0 aromatic heterocycles.